The van der Waals surface area contributed by atoms with E-state index in [2.05, 4.69) is 11.9 Å². The molecule has 0 spiro atoms. The fraction of sp³-hybridized carbons (Fsp3) is 0.250. The van der Waals surface area contributed by atoms with Crippen LogP contribution in [0, 0.1) is 11.6 Å². The Kier molecular flexibility index (Phi) is 6.72. The lowest BCUT2D eigenvalue weighted by Gasteiger charge is -2.16. The average molecular weight is 361 g/mol. The Morgan fingerprint density at radius 1 is 1.19 bits per heavy atom. The molecule has 0 aliphatic carbocycles. The van der Waals surface area contributed by atoms with Gasteiger partial charge in [-0.2, -0.15) is 0 Å². The second kappa shape index (κ2) is 8.99. The number of carbonyl (C=O) groups excluding carboxylic acids is 1. The third kappa shape index (κ3) is 5.05. The molecule has 4 nitrogen and oxygen atoms in total. The van der Waals surface area contributed by atoms with Gasteiger partial charge in [0.1, 0.15) is 0 Å². The molecule has 0 fully saturated rings. The van der Waals surface area contributed by atoms with Crippen molar-refractivity contribution < 1.29 is 23.0 Å². The van der Waals surface area contributed by atoms with Gasteiger partial charge >= 0.3 is 0 Å². The molecule has 1 N–H and O–H groups in total. The second-order valence-corrected chi connectivity index (χ2v) is 5.73. The normalized spacial score (nSPS) is 11.5. The lowest BCUT2D eigenvalue weighted by Crippen LogP contribution is -2.31. The summed E-state index contributed by atoms with van der Waals surface area (Å²) >= 11 is 0. The highest BCUT2D eigenvalue weighted by Gasteiger charge is 2.13. The molecular weight excluding hydrogens is 340 g/mol. The van der Waals surface area contributed by atoms with E-state index in [1.54, 1.807) is 19.1 Å². The molecular formula is C20H21F2NO3. The summed E-state index contributed by atoms with van der Waals surface area (Å²) in [5, 5.41) is 2.68. The average Bonchev–Trinajstić information content (AvgIpc) is 2.62. The molecule has 26 heavy (non-hydrogen) atoms. The van der Waals surface area contributed by atoms with E-state index in [1.165, 1.54) is 13.2 Å². The van der Waals surface area contributed by atoms with E-state index in [0.29, 0.717) is 23.5 Å². The maximum atomic E-state index is 13.3. The van der Waals surface area contributed by atoms with Crippen molar-refractivity contribution in [2.75, 3.05) is 13.7 Å². The third-order valence-electron chi connectivity index (χ3n) is 3.79. The molecule has 0 aliphatic rings. The van der Waals surface area contributed by atoms with Crippen molar-refractivity contribution in [1.29, 1.82) is 0 Å². The van der Waals surface area contributed by atoms with Gasteiger partial charge in [0.2, 0.25) is 0 Å². The highest BCUT2D eigenvalue weighted by Crippen LogP contribution is 2.28. The van der Waals surface area contributed by atoms with Gasteiger partial charge in [-0.1, -0.05) is 18.2 Å². The molecule has 1 unspecified atom stereocenters. The number of methoxy groups -OCH3 is 1. The summed E-state index contributed by atoms with van der Waals surface area (Å²) in [5.41, 5.74) is 1.48. The van der Waals surface area contributed by atoms with E-state index < -0.39 is 17.7 Å². The van der Waals surface area contributed by atoms with E-state index in [0.717, 1.165) is 17.7 Å². The fourth-order valence-electron chi connectivity index (χ4n) is 2.42. The first-order chi connectivity index (χ1) is 12.4. The zero-order valence-corrected chi connectivity index (χ0v) is 14.7. The molecule has 138 valence electrons. The van der Waals surface area contributed by atoms with Crippen molar-refractivity contribution in [3.8, 4) is 11.5 Å². The predicted octanol–water partition coefficient (Wildman–Crippen LogP) is 3.96. The van der Waals surface area contributed by atoms with Crippen molar-refractivity contribution in [2.24, 2.45) is 0 Å². The molecule has 6 heteroatoms. The highest BCUT2D eigenvalue weighted by molar-refractivity contribution is 5.78. The highest BCUT2D eigenvalue weighted by atomic mass is 19.2. The quantitative estimate of drug-likeness (QED) is 0.724. The summed E-state index contributed by atoms with van der Waals surface area (Å²) in [6.07, 6.45) is 2.48. The Bertz CT molecular complexity index is 793. The number of allylic oxidation sites excluding steroid dienone is 1. The fourth-order valence-corrected chi connectivity index (χ4v) is 2.42. The zero-order valence-electron chi connectivity index (χ0n) is 14.7. The Balaban J connectivity index is 1.95. The first kappa shape index (κ1) is 19.4. The lowest BCUT2D eigenvalue weighted by atomic mass is 10.1. The molecule has 0 radical (unpaired) electrons. The number of benzene rings is 2. The van der Waals surface area contributed by atoms with Gasteiger partial charge in [-0.15, -0.1) is 6.58 Å². The largest absolute Gasteiger partial charge is 0.493 e. The van der Waals surface area contributed by atoms with Gasteiger partial charge in [-0.25, -0.2) is 8.78 Å². The van der Waals surface area contributed by atoms with Crippen LogP contribution < -0.4 is 14.8 Å². The molecule has 0 aromatic heterocycles. The molecule has 1 atom stereocenters. The van der Waals surface area contributed by atoms with E-state index in [-0.39, 0.29) is 12.5 Å². The molecule has 0 saturated heterocycles. The van der Waals surface area contributed by atoms with Crippen LogP contribution in [0.15, 0.2) is 49.1 Å². The number of ether oxygens (including phenoxy) is 2. The van der Waals surface area contributed by atoms with Gasteiger partial charge in [-0.05, 0) is 48.7 Å². The third-order valence-corrected chi connectivity index (χ3v) is 3.79. The minimum absolute atomic E-state index is 0.231. The number of rotatable bonds is 8. The number of hydrogen-bond acceptors (Lipinski definition) is 3. The summed E-state index contributed by atoms with van der Waals surface area (Å²) in [4.78, 5) is 12.1. The summed E-state index contributed by atoms with van der Waals surface area (Å²) in [5.74, 6) is -1.31. The van der Waals surface area contributed by atoms with Crippen LogP contribution in [0.3, 0.4) is 0 Å². The van der Waals surface area contributed by atoms with Crippen LogP contribution in [-0.2, 0) is 11.2 Å². The molecule has 0 bridgehead atoms. The number of carbonyl (C=O) groups is 1. The molecule has 2 aromatic rings. The topological polar surface area (TPSA) is 47.6 Å². The number of nitrogens with one attached hydrogen (secondary N) is 1. The van der Waals surface area contributed by atoms with Crippen LogP contribution in [0.4, 0.5) is 8.78 Å². The van der Waals surface area contributed by atoms with Gasteiger partial charge in [-0.3, -0.25) is 4.79 Å². The molecule has 2 aromatic carbocycles. The number of halogens is 2. The monoisotopic (exact) mass is 361 g/mol. The Hall–Kier alpha value is -2.89. The molecule has 2 rings (SSSR count). The lowest BCUT2D eigenvalue weighted by molar-refractivity contribution is -0.123. The summed E-state index contributed by atoms with van der Waals surface area (Å²) in [6.45, 7) is 5.13. The van der Waals surface area contributed by atoms with E-state index in [4.69, 9.17) is 9.47 Å². The van der Waals surface area contributed by atoms with Crippen LogP contribution in [0.2, 0.25) is 0 Å². The first-order valence-electron chi connectivity index (χ1n) is 8.09. The Morgan fingerprint density at radius 3 is 2.62 bits per heavy atom. The summed E-state index contributed by atoms with van der Waals surface area (Å²) in [6, 6.07) is 8.43. The van der Waals surface area contributed by atoms with Crippen LogP contribution in [0.1, 0.15) is 24.1 Å². The van der Waals surface area contributed by atoms with Gasteiger partial charge in [0.15, 0.2) is 29.7 Å². The predicted molar refractivity (Wildman–Crippen MR) is 95.3 cm³/mol. The molecule has 0 saturated carbocycles. The van der Waals surface area contributed by atoms with Crippen LogP contribution >= 0.6 is 0 Å². The van der Waals surface area contributed by atoms with Crippen molar-refractivity contribution >= 4 is 5.91 Å². The Morgan fingerprint density at radius 2 is 1.96 bits per heavy atom. The SMILES string of the molecule is C=CCc1ccc(OCC(=O)NC(C)c2ccc(F)c(F)c2)c(OC)c1. The maximum Gasteiger partial charge on any atom is 0.258 e. The van der Waals surface area contributed by atoms with Gasteiger partial charge in [0, 0.05) is 0 Å². The van der Waals surface area contributed by atoms with Crippen LogP contribution in [0.25, 0.3) is 0 Å². The van der Waals surface area contributed by atoms with Gasteiger partial charge in [0.25, 0.3) is 5.91 Å². The van der Waals surface area contributed by atoms with E-state index >= 15 is 0 Å². The second-order valence-electron chi connectivity index (χ2n) is 5.73. The van der Waals surface area contributed by atoms with E-state index in [1.807, 2.05) is 12.1 Å². The Labute approximate surface area is 151 Å². The van der Waals surface area contributed by atoms with Crippen molar-refractivity contribution in [3.63, 3.8) is 0 Å². The molecule has 1 amide bonds. The van der Waals surface area contributed by atoms with Gasteiger partial charge < -0.3 is 14.8 Å². The van der Waals surface area contributed by atoms with Crippen molar-refractivity contribution in [1.82, 2.24) is 5.32 Å². The zero-order chi connectivity index (χ0) is 19.1. The van der Waals surface area contributed by atoms with Crippen molar-refractivity contribution in [2.45, 2.75) is 19.4 Å². The maximum absolute atomic E-state index is 13.3. The number of amides is 1. The smallest absolute Gasteiger partial charge is 0.258 e. The van der Waals surface area contributed by atoms with Crippen LogP contribution in [0.5, 0.6) is 11.5 Å². The molecule has 0 heterocycles. The minimum Gasteiger partial charge on any atom is -0.493 e. The summed E-state index contributed by atoms with van der Waals surface area (Å²) < 4.78 is 37.0. The number of hydrogen-bond donors (Lipinski definition) is 1. The first-order valence-corrected chi connectivity index (χ1v) is 8.09. The summed E-state index contributed by atoms with van der Waals surface area (Å²) in [7, 11) is 1.52. The molecule has 0 aliphatic heterocycles. The van der Waals surface area contributed by atoms with Crippen molar-refractivity contribution in [3.05, 3.63) is 71.8 Å². The van der Waals surface area contributed by atoms with Crippen LogP contribution in [-0.4, -0.2) is 19.6 Å². The van der Waals surface area contributed by atoms with Gasteiger partial charge in [0.05, 0.1) is 13.2 Å². The standard InChI is InChI=1S/C20H21F2NO3/c1-4-5-14-6-9-18(19(10-14)25-3)26-12-20(24)23-13(2)15-7-8-16(21)17(22)11-15/h4,6-11,13H,1,5,12H2,2-3H3,(H,23,24). The minimum atomic E-state index is -0.954. The van der Waals surface area contributed by atoms with E-state index in [9.17, 15) is 13.6 Å².